The Morgan fingerprint density at radius 2 is 2.47 bits per heavy atom. The topological polar surface area (TPSA) is 51.5 Å². The lowest BCUT2D eigenvalue weighted by Crippen LogP contribution is -2.39. The summed E-state index contributed by atoms with van der Waals surface area (Å²) < 4.78 is 10.2. The van der Waals surface area contributed by atoms with Crippen molar-refractivity contribution in [3.8, 4) is 0 Å². The molecule has 1 fully saturated rings. The van der Waals surface area contributed by atoms with Gasteiger partial charge in [0.25, 0.3) is 5.91 Å². The van der Waals surface area contributed by atoms with Gasteiger partial charge in [0.15, 0.2) is 0 Å². The van der Waals surface area contributed by atoms with Crippen LogP contribution in [-0.2, 0) is 4.74 Å². The maximum Gasteiger partial charge on any atom is 0.256 e. The summed E-state index contributed by atoms with van der Waals surface area (Å²) in [5.74, 6) is -0.212. The first-order valence-corrected chi connectivity index (χ1v) is 5.21. The van der Waals surface area contributed by atoms with E-state index in [-0.39, 0.29) is 23.3 Å². The highest BCUT2D eigenvalue weighted by Gasteiger charge is 2.26. The van der Waals surface area contributed by atoms with E-state index in [1.807, 2.05) is 6.92 Å². The standard InChI is InChI=1S/C10H12ClNO3/c1-6-8(3-5-14-6)12-10(13)7-2-4-15-9(7)11/h2,4,6,8H,3,5H2,1H3,(H,12,13). The Morgan fingerprint density at radius 1 is 1.67 bits per heavy atom. The van der Waals surface area contributed by atoms with Gasteiger partial charge in [0, 0.05) is 6.61 Å². The summed E-state index contributed by atoms with van der Waals surface area (Å²) in [4.78, 5) is 11.7. The number of ether oxygens (including phenoxy) is 1. The molecule has 0 radical (unpaired) electrons. The minimum Gasteiger partial charge on any atom is -0.452 e. The Bertz CT molecular complexity index is 363. The van der Waals surface area contributed by atoms with Crippen molar-refractivity contribution in [1.82, 2.24) is 5.32 Å². The van der Waals surface area contributed by atoms with Gasteiger partial charge in [0.05, 0.1) is 24.0 Å². The van der Waals surface area contributed by atoms with Gasteiger partial charge < -0.3 is 14.5 Å². The zero-order chi connectivity index (χ0) is 10.8. The van der Waals surface area contributed by atoms with Crippen LogP contribution in [0.4, 0.5) is 0 Å². The van der Waals surface area contributed by atoms with Gasteiger partial charge in [0.2, 0.25) is 5.22 Å². The van der Waals surface area contributed by atoms with Crippen molar-refractivity contribution in [3.05, 3.63) is 23.1 Å². The number of carbonyl (C=O) groups is 1. The van der Waals surface area contributed by atoms with Gasteiger partial charge in [-0.2, -0.15) is 0 Å². The Kier molecular flexibility index (Phi) is 2.98. The van der Waals surface area contributed by atoms with Crippen LogP contribution in [0.5, 0.6) is 0 Å². The molecular weight excluding hydrogens is 218 g/mol. The van der Waals surface area contributed by atoms with Gasteiger partial charge in [-0.15, -0.1) is 0 Å². The van der Waals surface area contributed by atoms with E-state index in [0.29, 0.717) is 12.2 Å². The minimum atomic E-state index is -0.212. The fourth-order valence-electron chi connectivity index (χ4n) is 1.62. The van der Waals surface area contributed by atoms with Crippen LogP contribution < -0.4 is 5.32 Å². The molecule has 5 heteroatoms. The van der Waals surface area contributed by atoms with Gasteiger partial charge in [-0.25, -0.2) is 0 Å². The SMILES string of the molecule is CC1OCCC1NC(=O)c1ccoc1Cl. The van der Waals surface area contributed by atoms with Crippen LogP contribution in [0.2, 0.25) is 5.22 Å². The van der Waals surface area contributed by atoms with Gasteiger partial charge >= 0.3 is 0 Å². The molecule has 1 aromatic rings. The number of furan rings is 1. The van der Waals surface area contributed by atoms with Crippen LogP contribution in [0.1, 0.15) is 23.7 Å². The van der Waals surface area contributed by atoms with E-state index in [1.165, 1.54) is 6.26 Å². The lowest BCUT2D eigenvalue weighted by Gasteiger charge is -2.15. The van der Waals surface area contributed by atoms with Crippen molar-refractivity contribution in [2.45, 2.75) is 25.5 Å². The Hall–Kier alpha value is -1.00. The number of nitrogens with one attached hydrogen (secondary N) is 1. The van der Waals surface area contributed by atoms with Crippen molar-refractivity contribution in [1.29, 1.82) is 0 Å². The molecule has 0 aromatic carbocycles. The van der Waals surface area contributed by atoms with Crippen molar-refractivity contribution in [2.75, 3.05) is 6.61 Å². The number of hydrogen-bond acceptors (Lipinski definition) is 3. The summed E-state index contributed by atoms with van der Waals surface area (Å²) in [7, 11) is 0. The predicted octanol–water partition coefficient (Wildman–Crippen LogP) is 1.84. The van der Waals surface area contributed by atoms with Crippen LogP contribution in [0.25, 0.3) is 0 Å². The van der Waals surface area contributed by atoms with E-state index >= 15 is 0 Å². The third-order valence-electron chi connectivity index (χ3n) is 2.56. The molecule has 0 saturated carbocycles. The van der Waals surface area contributed by atoms with E-state index < -0.39 is 0 Å². The van der Waals surface area contributed by atoms with Crippen molar-refractivity contribution < 1.29 is 13.9 Å². The Balaban J connectivity index is 2.01. The van der Waals surface area contributed by atoms with Crippen LogP contribution in [0.3, 0.4) is 0 Å². The molecule has 4 nitrogen and oxygen atoms in total. The summed E-state index contributed by atoms with van der Waals surface area (Å²) in [5.41, 5.74) is 0.371. The first-order valence-electron chi connectivity index (χ1n) is 4.84. The molecule has 82 valence electrons. The highest BCUT2D eigenvalue weighted by atomic mass is 35.5. The third-order valence-corrected chi connectivity index (χ3v) is 2.85. The molecule has 1 aromatic heterocycles. The summed E-state index contributed by atoms with van der Waals surface area (Å²) in [5, 5.41) is 2.99. The smallest absolute Gasteiger partial charge is 0.256 e. The molecule has 1 amide bonds. The molecule has 2 rings (SSSR count). The Morgan fingerprint density at radius 3 is 3.00 bits per heavy atom. The van der Waals surface area contributed by atoms with Gasteiger partial charge in [-0.3, -0.25) is 4.79 Å². The first-order chi connectivity index (χ1) is 7.18. The van der Waals surface area contributed by atoms with Crippen LogP contribution >= 0.6 is 11.6 Å². The average molecular weight is 230 g/mol. The fraction of sp³-hybridized carbons (Fsp3) is 0.500. The summed E-state index contributed by atoms with van der Waals surface area (Å²) in [6, 6.07) is 1.61. The van der Waals surface area contributed by atoms with Crippen molar-refractivity contribution in [2.24, 2.45) is 0 Å². The van der Waals surface area contributed by atoms with Crippen LogP contribution in [-0.4, -0.2) is 24.7 Å². The first kappa shape index (κ1) is 10.5. The average Bonchev–Trinajstić information content (AvgIpc) is 2.76. The van der Waals surface area contributed by atoms with Gasteiger partial charge in [-0.1, -0.05) is 0 Å². The van der Waals surface area contributed by atoms with Crippen molar-refractivity contribution in [3.63, 3.8) is 0 Å². The van der Waals surface area contributed by atoms with E-state index in [2.05, 4.69) is 5.32 Å². The Labute approximate surface area is 92.5 Å². The van der Waals surface area contributed by atoms with E-state index in [4.69, 9.17) is 20.8 Å². The van der Waals surface area contributed by atoms with E-state index in [0.717, 1.165) is 6.42 Å². The molecule has 15 heavy (non-hydrogen) atoms. The number of halogens is 1. The highest BCUT2D eigenvalue weighted by molar-refractivity contribution is 6.32. The summed E-state index contributed by atoms with van der Waals surface area (Å²) in [6.45, 7) is 2.63. The largest absolute Gasteiger partial charge is 0.452 e. The summed E-state index contributed by atoms with van der Waals surface area (Å²) >= 11 is 5.70. The molecular formula is C10H12ClNO3. The lowest BCUT2D eigenvalue weighted by atomic mass is 10.1. The zero-order valence-electron chi connectivity index (χ0n) is 8.33. The molecule has 1 aliphatic rings. The van der Waals surface area contributed by atoms with Gasteiger partial charge in [-0.05, 0) is 31.0 Å². The maximum atomic E-state index is 11.7. The number of amides is 1. The molecule has 0 bridgehead atoms. The van der Waals surface area contributed by atoms with Crippen molar-refractivity contribution >= 4 is 17.5 Å². The zero-order valence-corrected chi connectivity index (χ0v) is 9.08. The second kappa shape index (κ2) is 4.24. The quantitative estimate of drug-likeness (QED) is 0.842. The highest BCUT2D eigenvalue weighted by Crippen LogP contribution is 2.18. The van der Waals surface area contributed by atoms with Crippen LogP contribution in [0, 0.1) is 0 Å². The normalized spacial score (nSPS) is 25.5. The molecule has 0 spiro atoms. The van der Waals surface area contributed by atoms with Gasteiger partial charge in [0.1, 0.15) is 0 Å². The molecule has 2 atom stereocenters. The molecule has 1 aliphatic heterocycles. The summed E-state index contributed by atoms with van der Waals surface area (Å²) in [6.07, 6.45) is 2.29. The number of carbonyl (C=O) groups excluding carboxylic acids is 1. The molecule has 0 aliphatic carbocycles. The second-order valence-corrected chi connectivity index (χ2v) is 3.90. The van der Waals surface area contributed by atoms with Crippen LogP contribution in [0.15, 0.2) is 16.7 Å². The molecule has 2 heterocycles. The monoisotopic (exact) mass is 229 g/mol. The van der Waals surface area contributed by atoms with E-state index in [1.54, 1.807) is 6.07 Å². The second-order valence-electron chi connectivity index (χ2n) is 3.55. The fourth-order valence-corrected chi connectivity index (χ4v) is 1.82. The van der Waals surface area contributed by atoms with E-state index in [9.17, 15) is 4.79 Å². The maximum absolute atomic E-state index is 11.7. The predicted molar refractivity (Wildman–Crippen MR) is 55.0 cm³/mol. The lowest BCUT2D eigenvalue weighted by molar-refractivity contribution is 0.0866. The molecule has 1 N–H and O–H groups in total. The number of hydrogen-bond donors (Lipinski definition) is 1. The molecule has 2 unspecified atom stereocenters. The third kappa shape index (κ3) is 2.16. The minimum absolute atomic E-state index is 0.0552. The number of rotatable bonds is 2. The molecule has 1 saturated heterocycles.